The van der Waals surface area contributed by atoms with Gasteiger partial charge < -0.3 is 16.2 Å². The Morgan fingerprint density at radius 3 is 2.81 bits per heavy atom. The summed E-state index contributed by atoms with van der Waals surface area (Å²) in [5.74, 6) is -0.00928. The quantitative estimate of drug-likeness (QED) is 0.293. The second-order valence-corrected chi connectivity index (χ2v) is 11.6. The van der Waals surface area contributed by atoms with Gasteiger partial charge in [0.25, 0.3) is 0 Å². The maximum atomic E-state index is 13.4. The van der Waals surface area contributed by atoms with Gasteiger partial charge in [0.05, 0.1) is 22.1 Å². The van der Waals surface area contributed by atoms with Crippen LogP contribution >= 0.6 is 22.9 Å². The van der Waals surface area contributed by atoms with Gasteiger partial charge in [0.2, 0.25) is 5.78 Å². The lowest BCUT2D eigenvalue weighted by Crippen LogP contribution is -2.33. The highest BCUT2D eigenvalue weighted by molar-refractivity contribution is 7.84. The van der Waals surface area contributed by atoms with Gasteiger partial charge in [-0.2, -0.15) is 13.1 Å². The number of aliphatic hydroxyl groups is 1. The number of nitrogens with zero attached hydrogens (tertiary/aromatic N) is 2. The number of aromatic nitrogens is 2. The molecule has 1 saturated carbocycles. The number of carbonyl (C=O) groups is 1. The van der Waals surface area contributed by atoms with Gasteiger partial charge >= 0.3 is 10.3 Å². The standard InChI is InChI=1S/C23H26ClN5O5S2/c1-23(25,13-4-3-5-15(24)6-13)14-7-20(35-11-14)21(31)17-10-27-12-28-22(17)29-16-8-18(30)19(9-16)34-36(32,33)26-2/h3-7,10-12,16,18-19,26,30H,8-9,25H2,1-2H3,(H,27,28,29)/t16-,18+,19-,23-/m1/s1. The molecule has 0 unspecified atom stereocenters. The SMILES string of the molecule is CNS(=O)(=O)O[C@@H]1C[C@H](Nc2ncncc2C(=O)c2cc([C@](C)(N)c3cccc(Cl)c3)cs2)C[C@@H]1O. The second-order valence-electron chi connectivity index (χ2n) is 8.70. The number of hydrogen-bond donors (Lipinski definition) is 4. The summed E-state index contributed by atoms with van der Waals surface area (Å²) in [5, 5.41) is 15.8. The first kappa shape index (κ1) is 26.6. The molecule has 4 atom stereocenters. The Hall–Kier alpha value is -2.45. The van der Waals surface area contributed by atoms with E-state index in [9.17, 15) is 18.3 Å². The van der Waals surface area contributed by atoms with Crippen LogP contribution in [0.4, 0.5) is 5.82 Å². The average molecular weight is 552 g/mol. The highest BCUT2D eigenvalue weighted by Crippen LogP contribution is 2.33. The molecular formula is C23H26ClN5O5S2. The van der Waals surface area contributed by atoms with E-state index in [1.165, 1.54) is 30.9 Å². The normalized spacial score (nSPS) is 21.8. The van der Waals surface area contributed by atoms with Crippen LogP contribution in [0.3, 0.4) is 0 Å². The van der Waals surface area contributed by atoms with Crippen LogP contribution in [0, 0.1) is 0 Å². The number of nitrogens with one attached hydrogen (secondary N) is 2. The van der Waals surface area contributed by atoms with Crippen molar-refractivity contribution in [3.05, 3.63) is 74.8 Å². The summed E-state index contributed by atoms with van der Waals surface area (Å²) in [4.78, 5) is 22.1. The third kappa shape index (κ3) is 5.75. The minimum Gasteiger partial charge on any atom is -0.390 e. The van der Waals surface area contributed by atoms with Gasteiger partial charge in [0, 0.05) is 24.3 Å². The first-order valence-corrected chi connectivity index (χ1v) is 13.7. The average Bonchev–Trinajstić information content (AvgIpc) is 3.46. The highest BCUT2D eigenvalue weighted by atomic mass is 35.5. The van der Waals surface area contributed by atoms with Crippen molar-refractivity contribution in [1.82, 2.24) is 14.7 Å². The molecule has 1 aliphatic carbocycles. The summed E-state index contributed by atoms with van der Waals surface area (Å²) >= 11 is 7.39. The summed E-state index contributed by atoms with van der Waals surface area (Å²) in [5.41, 5.74) is 7.57. The van der Waals surface area contributed by atoms with Gasteiger partial charge in [-0.1, -0.05) is 23.7 Å². The predicted molar refractivity (Wildman–Crippen MR) is 137 cm³/mol. The van der Waals surface area contributed by atoms with Crippen LogP contribution in [0.5, 0.6) is 0 Å². The van der Waals surface area contributed by atoms with Crippen LogP contribution in [-0.4, -0.2) is 54.6 Å². The smallest absolute Gasteiger partial charge is 0.335 e. The second kappa shape index (κ2) is 10.5. The van der Waals surface area contributed by atoms with Crippen molar-refractivity contribution in [2.75, 3.05) is 12.4 Å². The molecule has 10 nitrogen and oxygen atoms in total. The van der Waals surface area contributed by atoms with E-state index in [4.69, 9.17) is 21.5 Å². The summed E-state index contributed by atoms with van der Waals surface area (Å²) in [6.07, 6.45) is 1.22. The molecule has 0 amide bonds. The number of nitrogens with two attached hydrogens (primary N) is 1. The van der Waals surface area contributed by atoms with E-state index >= 15 is 0 Å². The molecule has 0 aliphatic heterocycles. The molecule has 0 saturated heterocycles. The van der Waals surface area contributed by atoms with Crippen molar-refractivity contribution in [3.63, 3.8) is 0 Å². The highest BCUT2D eigenvalue weighted by Gasteiger charge is 2.37. The third-order valence-electron chi connectivity index (χ3n) is 6.12. The third-order valence-corrected chi connectivity index (χ3v) is 8.28. The van der Waals surface area contributed by atoms with Crippen molar-refractivity contribution in [2.24, 2.45) is 5.73 Å². The monoisotopic (exact) mass is 551 g/mol. The van der Waals surface area contributed by atoms with Crippen molar-refractivity contribution < 1.29 is 22.5 Å². The number of halogens is 1. The van der Waals surface area contributed by atoms with Crippen molar-refractivity contribution in [1.29, 1.82) is 0 Å². The number of hydrogen-bond acceptors (Lipinski definition) is 10. The van der Waals surface area contributed by atoms with Gasteiger partial charge in [-0.25, -0.2) is 9.97 Å². The molecule has 1 aliphatic rings. The fraction of sp³-hybridized carbons (Fsp3) is 0.348. The Morgan fingerprint density at radius 2 is 2.08 bits per heavy atom. The molecule has 0 radical (unpaired) electrons. The molecule has 36 heavy (non-hydrogen) atoms. The number of thiophene rings is 1. The zero-order valence-corrected chi connectivity index (χ0v) is 21.9. The molecule has 192 valence electrons. The van der Waals surface area contributed by atoms with E-state index in [1.54, 1.807) is 18.2 Å². The fourth-order valence-corrected chi connectivity index (χ4v) is 5.85. The number of carbonyl (C=O) groups excluding carboxylic acids is 1. The van der Waals surface area contributed by atoms with E-state index in [0.29, 0.717) is 9.90 Å². The van der Waals surface area contributed by atoms with Crippen LogP contribution in [0.2, 0.25) is 5.02 Å². The molecule has 2 heterocycles. The Kier molecular flexibility index (Phi) is 7.76. The Balaban J connectivity index is 1.52. The van der Waals surface area contributed by atoms with Crippen LogP contribution in [-0.2, 0) is 20.0 Å². The Bertz CT molecular complexity index is 1360. The van der Waals surface area contributed by atoms with Gasteiger partial charge in [-0.3, -0.25) is 8.98 Å². The number of rotatable bonds is 9. The largest absolute Gasteiger partial charge is 0.390 e. The summed E-state index contributed by atoms with van der Waals surface area (Å²) in [7, 11) is -2.73. The number of aliphatic hydroxyl groups excluding tert-OH is 1. The molecule has 2 aromatic heterocycles. The number of ketones is 1. The molecule has 1 aromatic carbocycles. The molecule has 4 rings (SSSR count). The molecule has 1 fully saturated rings. The predicted octanol–water partition coefficient (Wildman–Crippen LogP) is 2.43. The zero-order chi connectivity index (χ0) is 26.1. The Morgan fingerprint density at radius 1 is 1.31 bits per heavy atom. The van der Waals surface area contributed by atoms with Crippen LogP contribution < -0.4 is 15.8 Å². The maximum absolute atomic E-state index is 13.4. The fourth-order valence-electron chi connectivity index (χ4n) is 4.05. The number of anilines is 1. The lowest BCUT2D eigenvalue weighted by molar-refractivity contribution is 0.0636. The van der Waals surface area contributed by atoms with Gasteiger partial charge in [-0.15, -0.1) is 11.3 Å². The number of benzene rings is 1. The first-order chi connectivity index (χ1) is 17.0. The summed E-state index contributed by atoms with van der Waals surface area (Å²) < 4.78 is 30.5. The van der Waals surface area contributed by atoms with E-state index in [1.807, 2.05) is 24.4 Å². The van der Waals surface area contributed by atoms with Gasteiger partial charge in [-0.05, 0) is 54.5 Å². The van der Waals surface area contributed by atoms with Gasteiger partial charge in [0.1, 0.15) is 18.2 Å². The molecule has 5 N–H and O–H groups in total. The van der Waals surface area contributed by atoms with Crippen molar-refractivity contribution in [2.45, 2.75) is 43.6 Å². The first-order valence-electron chi connectivity index (χ1n) is 11.0. The van der Waals surface area contributed by atoms with E-state index < -0.39 is 28.1 Å². The van der Waals surface area contributed by atoms with E-state index in [2.05, 4.69) is 20.0 Å². The minimum atomic E-state index is -3.96. The molecule has 13 heteroatoms. The molecular weight excluding hydrogens is 526 g/mol. The van der Waals surface area contributed by atoms with Gasteiger partial charge in [0.15, 0.2) is 0 Å². The maximum Gasteiger partial charge on any atom is 0.335 e. The van der Waals surface area contributed by atoms with E-state index in [0.717, 1.165) is 11.1 Å². The zero-order valence-electron chi connectivity index (χ0n) is 19.5. The molecule has 0 spiro atoms. The van der Waals surface area contributed by atoms with Crippen LogP contribution in [0.1, 0.15) is 46.1 Å². The lowest BCUT2D eigenvalue weighted by Gasteiger charge is -2.24. The Labute approximate surface area is 218 Å². The topological polar surface area (TPSA) is 157 Å². The minimum absolute atomic E-state index is 0.202. The molecule has 3 aromatic rings. The summed E-state index contributed by atoms with van der Waals surface area (Å²) in [6, 6.07) is 8.65. The van der Waals surface area contributed by atoms with E-state index in [-0.39, 0.29) is 36.0 Å². The van der Waals surface area contributed by atoms with Crippen molar-refractivity contribution in [3.8, 4) is 0 Å². The van der Waals surface area contributed by atoms with Crippen LogP contribution in [0.25, 0.3) is 0 Å². The van der Waals surface area contributed by atoms with Crippen molar-refractivity contribution >= 4 is 44.8 Å². The lowest BCUT2D eigenvalue weighted by atomic mass is 9.87. The molecule has 0 bridgehead atoms. The summed E-state index contributed by atoms with van der Waals surface area (Å²) in [6.45, 7) is 1.85. The van der Waals surface area contributed by atoms with Crippen LogP contribution in [0.15, 0.2) is 48.2 Å².